The molecule has 22 heavy (non-hydrogen) atoms. The molecule has 0 aliphatic heterocycles. The Morgan fingerprint density at radius 2 is 2.27 bits per heavy atom. The van der Waals surface area contributed by atoms with Gasteiger partial charge < -0.3 is 9.15 Å². The zero-order chi connectivity index (χ0) is 15.7. The lowest BCUT2D eigenvalue weighted by atomic mass is 10.1. The molecule has 0 atom stereocenters. The summed E-state index contributed by atoms with van der Waals surface area (Å²) in [6.07, 6.45) is 2.50. The van der Waals surface area contributed by atoms with Gasteiger partial charge in [0.15, 0.2) is 11.4 Å². The first kappa shape index (κ1) is 14.3. The number of aromatic nitrogens is 3. The number of aryl methyl sites for hydroxylation is 2. The third kappa shape index (κ3) is 2.26. The lowest BCUT2D eigenvalue weighted by Gasteiger charge is -2.06. The minimum Gasteiger partial charge on any atom is -0.465 e. The van der Waals surface area contributed by atoms with Crippen molar-refractivity contribution in [3.05, 3.63) is 35.7 Å². The van der Waals surface area contributed by atoms with E-state index in [2.05, 4.69) is 17.0 Å². The number of furan rings is 1. The third-order valence-electron chi connectivity index (χ3n) is 3.49. The van der Waals surface area contributed by atoms with Crippen LogP contribution in [0.5, 0.6) is 0 Å². The molecule has 0 unspecified atom stereocenters. The Hall–Kier alpha value is -2.63. The van der Waals surface area contributed by atoms with Gasteiger partial charge in [-0.2, -0.15) is 5.10 Å². The summed E-state index contributed by atoms with van der Waals surface area (Å²) < 4.78 is 12.1. The van der Waals surface area contributed by atoms with Gasteiger partial charge in [-0.15, -0.1) is 0 Å². The number of hydrogen-bond donors (Lipinski definition) is 0. The highest BCUT2D eigenvalue weighted by molar-refractivity contribution is 6.04. The quantitative estimate of drug-likeness (QED) is 0.692. The van der Waals surface area contributed by atoms with Crippen LogP contribution in [0.4, 0.5) is 0 Å². The van der Waals surface area contributed by atoms with Gasteiger partial charge in [0.1, 0.15) is 5.69 Å². The molecule has 3 rings (SSSR count). The Morgan fingerprint density at radius 1 is 1.45 bits per heavy atom. The lowest BCUT2D eigenvalue weighted by Crippen LogP contribution is -2.05. The van der Waals surface area contributed by atoms with Crippen molar-refractivity contribution in [2.45, 2.75) is 26.8 Å². The molecule has 3 aromatic heterocycles. The largest absolute Gasteiger partial charge is 0.465 e. The maximum Gasteiger partial charge on any atom is 0.338 e. The van der Waals surface area contributed by atoms with E-state index in [0.29, 0.717) is 22.7 Å². The van der Waals surface area contributed by atoms with Crippen molar-refractivity contribution >= 4 is 17.0 Å². The number of fused-ring (bicyclic) bond motifs is 1. The first-order valence-corrected chi connectivity index (χ1v) is 7.16. The van der Waals surface area contributed by atoms with Crippen molar-refractivity contribution in [2.75, 3.05) is 7.11 Å². The highest BCUT2D eigenvalue weighted by Crippen LogP contribution is 2.28. The molecular formula is C16H17N3O3. The number of methoxy groups -OCH3 is 1. The molecule has 0 saturated heterocycles. The molecule has 6 heteroatoms. The van der Waals surface area contributed by atoms with Crippen LogP contribution in [0.25, 0.3) is 22.5 Å². The zero-order valence-electron chi connectivity index (χ0n) is 12.8. The smallest absolute Gasteiger partial charge is 0.338 e. The average Bonchev–Trinajstić information content (AvgIpc) is 3.15. The van der Waals surface area contributed by atoms with Crippen LogP contribution in [0, 0.1) is 6.92 Å². The van der Waals surface area contributed by atoms with Gasteiger partial charge in [-0.05, 0) is 31.5 Å². The SMILES string of the molecule is CCCn1nc(C)c2c(C(=O)OC)cc(-c3ccco3)nc21. The van der Waals surface area contributed by atoms with E-state index in [1.807, 2.05) is 17.7 Å². The van der Waals surface area contributed by atoms with Gasteiger partial charge in [0.2, 0.25) is 0 Å². The van der Waals surface area contributed by atoms with E-state index in [0.717, 1.165) is 24.0 Å². The maximum absolute atomic E-state index is 12.2. The molecule has 0 N–H and O–H groups in total. The summed E-state index contributed by atoms with van der Waals surface area (Å²) in [6.45, 7) is 4.68. The second-order valence-corrected chi connectivity index (χ2v) is 5.03. The first-order valence-electron chi connectivity index (χ1n) is 7.16. The predicted octanol–water partition coefficient (Wildman–Crippen LogP) is 3.20. The van der Waals surface area contributed by atoms with Crippen molar-refractivity contribution < 1.29 is 13.9 Å². The van der Waals surface area contributed by atoms with Crippen LogP contribution in [0.2, 0.25) is 0 Å². The van der Waals surface area contributed by atoms with Crippen molar-refractivity contribution in [3.8, 4) is 11.5 Å². The van der Waals surface area contributed by atoms with E-state index >= 15 is 0 Å². The minimum absolute atomic E-state index is 0.403. The van der Waals surface area contributed by atoms with Crippen molar-refractivity contribution in [3.63, 3.8) is 0 Å². The van der Waals surface area contributed by atoms with Crippen molar-refractivity contribution in [1.82, 2.24) is 14.8 Å². The molecule has 0 spiro atoms. The number of carbonyl (C=O) groups excluding carboxylic acids is 1. The Bertz CT molecular complexity index is 819. The van der Waals surface area contributed by atoms with Crippen LogP contribution in [0.15, 0.2) is 28.9 Å². The van der Waals surface area contributed by atoms with E-state index < -0.39 is 5.97 Å². The van der Waals surface area contributed by atoms with E-state index in [-0.39, 0.29) is 0 Å². The van der Waals surface area contributed by atoms with E-state index in [4.69, 9.17) is 9.15 Å². The molecule has 0 aromatic carbocycles. The number of pyridine rings is 1. The fourth-order valence-electron chi connectivity index (χ4n) is 2.54. The second-order valence-electron chi connectivity index (χ2n) is 5.03. The van der Waals surface area contributed by atoms with E-state index in [1.165, 1.54) is 7.11 Å². The molecule has 0 fully saturated rings. The Kier molecular flexibility index (Phi) is 3.66. The number of rotatable bonds is 4. The molecule has 0 saturated carbocycles. The summed E-state index contributed by atoms with van der Waals surface area (Å²) in [4.78, 5) is 16.8. The topological polar surface area (TPSA) is 70.2 Å². The summed E-state index contributed by atoms with van der Waals surface area (Å²) in [5.41, 5.74) is 2.49. The first-order chi connectivity index (χ1) is 10.7. The van der Waals surface area contributed by atoms with Crippen LogP contribution in [0.3, 0.4) is 0 Å². The normalized spacial score (nSPS) is 11.0. The van der Waals surface area contributed by atoms with Crippen molar-refractivity contribution in [1.29, 1.82) is 0 Å². The Labute approximate surface area is 127 Å². The molecule has 0 aliphatic carbocycles. The van der Waals surface area contributed by atoms with Crippen LogP contribution < -0.4 is 0 Å². The summed E-state index contributed by atoms with van der Waals surface area (Å²) in [5.74, 6) is 0.202. The Balaban J connectivity index is 2.32. The van der Waals surface area contributed by atoms with Crippen LogP contribution in [-0.2, 0) is 11.3 Å². The highest BCUT2D eigenvalue weighted by atomic mass is 16.5. The van der Waals surface area contributed by atoms with Gasteiger partial charge in [-0.1, -0.05) is 6.92 Å². The molecular weight excluding hydrogens is 282 g/mol. The standard InChI is InChI=1S/C16H17N3O3/c1-4-7-19-15-14(10(2)18-19)11(16(20)21-3)9-12(17-15)13-6-5-8-22-13/h5-6,8-9H,4,7H2,1-3H3. The van der Waals surface area contributed by atoms with Crippen LogP contribution in [0.1, 0.15) is 29.4 Å². The fourth-order valence-corrected chi connectivity index (χ4v) is 2.54. The van der Waals surface area contributed by atoms with Gasteiger partial charge in [0.05, 0.1) is 30.0 Å². The Morgan fingerprint density at radius 3 is 2.91 bits per heavy atom. The van der Waals surface area contributed by atoms with Gasteiger partial charge in [-0.25, -0.2) is 14.5 Å². The van der Waals surface area contributed by atoms with Gasteiger partial charge in [0, 0.05) is 6.54 Å². The highest BCUT2D eigenvalue weighted by Gasteiger charge is 2.21. The lowest BCUT2D eigenvalue weighted by molar-refractivity contribution is 0.0603. The van der Waals surface area contributed by atoms with E-state index in [9.17, 15) is 4.79 Å². The second kappa shape index (κ2) is 5.63. The summed E-state index contributed by atoms with van der Waals surface area (Å²) >= 11 is 0. The number of esters is 1. The zero-order valence-corrected chi connectivity index (χ0v) is 12.8. The molecule has 0 bridgehead atoms. The molecule has 3 aromatic rings. The summed E-state index contributed by atoms with van der Waals surface area (Å²) in [6, 6.07) is 5.29. The molecule has 3 heterocycles. The molecule has 0 aliphatic rings. The summed E-state index contributed by atoms with van der Waals surface area (Å²) in [7, 11) is 1.37. The third-order valence-corrected chi connectivity index (χ3v) is 3.49. The number of carbonyl (C=O) groups is 1. The number of ether oxygens (including phenoxy) is 1. The number of hydrogen-bond acceptors (Lipinski definition) is 5. The average molecular weight is 299 g/mol. The maximum atomic E-state index is 12.2. The summed E-state index contributed by atoms with van der Waals surface area (Å²) in [5, 5.41) is 5.23. The monoisotopic (exact) mass is 299 g/mol. The van der Waals surface area contributed by atoms with Crippen LogP contribution >= 0.6 is 0 Å². The van der Waals surface area contributed by atoms with E-state index in [1.54, 1.807) is 18.4 Å². The van der Waals surface area contributed by atoms with Gasteiger partial charge in [-0.3, -0.25) is 0 Å². The molecule has 0 amide bonds. The molecule has 6 nitrogen and oxygen atoms in total. The van der Waals surface area contributed by atoms with Crippen molar-refractivity contribution in [2.24, 2.45) is 0 Å². The van der Waals surface area contributed by atoms with Gasteiger partial charge >= 0.3 is 5.97 Å². The minimum atomic E-state index is -0.403. The van der Waals surface area contributed by atoms with Gasteiger partial charge in [0.25, 0.3) is 0 Å². The molecule has 114 valence electrons. The molecule has 0 radical (unpaired) electrons. The predicted molar refractivity (Wildman–Crippen MR) is 81.6 cm³/mol. The number of nitrogens with zero attached hydrogens (tertiary/aromatic N) is 3. The fraction of sp³-hybridized carbons (Fsp3) is 0.312. The van der Waals surface area contributed by atoms with Crippen LogP contribution in [-0.4, -0.2) is 27.8 Å².